The predicted octanol–water partition coefficient (Wildman–Crippen LogP) is -0.512. The molecular formula is C13H16O8. The van der Waals surface area contributed by atoms with Crippen molar-refractivity contribution in [3.63, 3.8) is 0 Å². The van der Waals surface area contributed by atoms with Gasteiger partial charge in [-0.2, -0.15) is 0 Å². The smallest absolute Gasteiger partial charge is 0.344 e. The SMILES string of the molecule is C=CC(=O)OCC(=O)OC1CCC2CC1(O)OC2=O.C=O. The fraction of sp³-hybridized carbons (Fsp3) is 0.538. The number of hydrogen-bond acceptors (Lipinski definition) is 8. The molecule has 1 aliphatic heterocycles. The third kappa shape index (κ3) is 3.88. The van der Waals surface area contributed by atoms with Gasteiger partial charge in [-0.05, 0) is 12.8 Å². The second kappa shape index (κ2) is 6.98. The lowest BCUT2D eigenvalue weighted by molar-refractivity contribution is -0.241. The first kappa shape index (κ1) is 16.8. The van der Waals surface area contributed by atoms with Gasteiger partial charge in [0, 0.05) is 12.5 Å². The van der Waals surface area contributed by atoms with Gasteiger partial charge in [0.2, 0.25) is 5.79 Å². The van der Waals surface area contributed by atoms with E-state index in [1.54, 1.807) is 0 Å². The molecule has 8 nitrogen and oxygen atoms in total. The summed E-state index contributed by atoms with van der Waals surface area (Å²) in [6, 6.07) is 0. The van der Waals surface area contributed by atoms with E-state index in [1.807, 2.05) is 6.79 Å². The maximum atomic E-state index is 11.4. The molecule has 0 aromatic carbocycles. The minimum absolute atomic E-state index is 0.121. The van der Waals surface area contributed by atoms with Crippen LogP contribution in [0.1, 0.15) is 19.3 Å². The van der Waals surface area contributed by atoms with Crippen molar-refractivity contribution in [2.45, 2.75) is 31.2 Å². The Morgan fingerprint density at radius 2 is 2.10 bits per heavy atom. The fourth-order valence-electron chi connectivity index (χ4n) is 2.26. The van der Waals surface area contributed by atoms with Crippen LogP contribution in [-0.4, -0.2) is 48.3 Å². The first-order chi connectivity index (χ1) is 9.94. The largest absolute Gasteiger partial charge is 0.453 e. The summed E-state index contributed by atoms with van der Waals surface area (Å²) >= 11 is 0. The highest BCUT2D eigenvalue weighted by atomic mass is 16.7. The van der Waals surface area contributed by atoms with Crippen LogP contribution in [0.3, 0.4) is 0 Å². The molecule has 2 rings (SSSR count). The van der Waals surface area contributed by atoms with E-state index in [4.69, 9.17) is 14.3 Å². The Hall–Kier alpha value is -2.22. The standard InChI is InChI=1S/C12H14O7.CH2O/c1-2-9(13)17-6-10(14)18-8-4-3-7-5-12(8,16)19-11(7)15;1-2/h2,7-8,16H,1,3-6H2;1H2. The van der Waals surface area contributed by atoms with E-state index in [-0.39, 0.29) is 12.3 Å². The Morgan fingerprint density at radius 3 is 2.71 bits per heavy atom. The molecule has 1 heterocycles. The molecular weight excluding hydrogens is 284 g/mol. The van der Waals surface area contributed by atoms with Gasteiger partial charge < -0.3 is 24.1 Å². The summed E-state index contributed by atoms with van der Waals surface area (Å²) in [6.45, 7) is 4.61. The van der Waals surface area contributed by atoms with Crippen LogP contribution in [0.2, 0.25) is 0 Å². The quantitative estimate of drug-likeness (QED) is 0.419. The Labute approximate surface area is 120 Å². The van der Waals surface area contributed by atoms with Gasteiger partial charge in [0.1, 0.15) is 6.79 Å². The van der Waals surface area contributed by atoms with Crippen LogP contribution >= 0.6 is 0 Å². The van der Waals surface area contributed by atoms with Gasteiger partial charge in [-0.15, -0.1) is 0 Å². The van der Waals surface area contributed by atoms with Crippen LogP contribution < -0.4 is 0 Å². The highest BCUT2D eigenvalue weighted by molar-refractivity contribution is 5.83. The van der Waals surface area contributed by atoms with Crippen LogP contribution in [0, 0.1) is 5.92 Å². The molecule has 2 bridgehead atoms. The summed E-state index contributed by atoms with van der Waals surface area (Å²) in [6.07, 6.45) is 0.936. The lowest BCUT2D eigenvalue weighted by Gasteiger charge is -2.32. The lowest BCUT2D eigenvalue weighted by atomic mass is 9.86. The van der Waals surface area contributed by atoms with E-state index >= 15 is 0 Å². The zero-order chi connectivity index (χ0) is 16.0. The third-order valence-electron chi connectivity index (χ3n) is 3.20. The highest BCUT2D eigenvalue weighted by Crippen LogP contribution is 2.42. The average molecular weight is 300 g/mol. The molecule has 2 aliphatic rings. The molecule has 1 saturated heterocycles. The summed E-state index contributed by atoms with van der Waals surface area (Å²) in [5, 5.41) is 10.1. The normalized spacial score (nSPS) is 29.5. The molecule has 0 aromatic heterocycles. The van der Waals surface area contributed by atoms with Crippen LogP contribution in [-0.2, 0) is 33.4 Å². The van der Waals surface area contributed by atoms with Crippen LogP contribution in [0.15, 0.2) is 12.7 Å². The van der Waals surface area contributed by atoms with E-state index in [0.29, 0.717) is 12.8 Å². The van der Waals surface area contributed by atoms with E-state index in [1.165, 1.54) is 0 Å². The molecule has 116 valence electrons. The van der Waals surface area contributed by atoms with Crippen molar-refractivity contribution in [1.82, 2.24) is 0 Å². The Bertz CT molecular complexity index is 445. The van der Waals surface area contributed by atoms with Gasteiger partial charge in [-0.25, -0.2) is 9.59 Å². The molecule has 1 aliphatic carbocycles. The van der Waals surface area contributed by atoms with Crippen molar-refractivity contribution in [2.24, 2.45) is 5.92 Å². The number of hydrogen-bond donors (Lipinski definition) is 1. The highest BCUT2D eigenvalue weighted by Gasteiger charge is 2.56. The first-order valence-corrected chi connectivity index (χ1v) is 6.17. The topological polar surface area (TPSA) is 116 Å². The fourth-order valence-corrected chi connectivity index (χ4v) is 2.26. The van der Waals surface area contributed by atoms with Gasteiger partial charge in [0.15, 0.2) is 12.7 Å². The van der Waals surface area contributed by atoms with Crippen molar-refractivity contribution in [2.75, 3.05) is 6.61 Å². The Balaban J connectivity index is 0.00000106. The number of esters is 3. The molecule has 1 N–H and O–H groups in total. The van der Waals surface area contributed by atoms with Crippen molar-refractivity contribution in [1.29, 1.82) is 0 Å². The van der Waals surface area contributed by atoms with Crippen LogP contribution in [0.4, 0.5) is 0 Å². The molecule has 3 unspecified atom stereocenters. The maximum absolute atomic E-state index is 11.4. The Kier molecular flexibility index (Phi) is 5.60. The second-order valence-corrected chi connectivity index (χ2v) is 4.53. The minimum atomic E-state index is -1.75. The van der Waals surface area contributed by atoms with Crippen LogP contribution in [0.5, 0.6) is 0 Å². The van der Waals surface area contributed by atoms with Crippen LogP contribution in [0.25, 0.3) is 0 Å². The maximum Gasteiger partial charge on any atom is 0.344 e. The first-order valence-electron chi connectivity index (χ1n) is 6.17. The molecule has 0 radical (unpaired) electrons. The summed E-state index contributed by atoms with van der Waals surface area (Å²) in [5.74, 6) is -4.11. The molecule has 0 amide bonds. The van der Waals surface area contributed by atoms with E-state index in [9.17, 15) is 19.5 Å². The predicted molar refractivity (Wildman–Crippen MR) is 66.5 cm³/mol. The van der Waals surface area contributed by atoms with E-state index < -0.39 is 36.4 Å². The van der Waals surface area contributed by atoms with Gasteiger partial charge >= 0.3 is 17.9 Å². The summed E-state index contributed by atoms with van der Waals surface area (Å²) in [5.41, 5.74) is 0. The molecule has 2 fully saturated rings. The van der Waals surface area contributed by atoms with Crippen molar-refractivity contribution in [3.05, 3.63) is 12.7 Å². The monoisotopic (exact) mass is 300 g/mol. The van der Waals surface area contributed by atoms with E-state index in [2.05, 4.69) is 11.3 Å². The van der Waals surface area contributed by atoms with Crippen molar-refractivity contribution >= 4 is 24.7 Å². The zero-order valence-corrected chi connectivity index (χ0v) is 11.3. The summed E-state index contributed by atoms with van der Waals surface area (Å²) < 4.78 is 14.3. The Morgan fingerprint density at radius 1 is 1.43 bits per heavy atom. The van der Waals surface area contributed by atoms with Gasteiger partial charge in [-0.1, -0.05) is 6.58 Å². The number of ether oxygens (including phenoxy) is 3. The minimum Gasteiger partial charge on any atom is -0.453 e. The van der Waals surface area contributed by atoms with Crippen molar-refractivity contribution < 1.29 is 38.5 Å². The number of carbonyl (C=O) groups is 4. The van der Waals surface area contributed by atoms with Gasteiger partial charge in [0.05, 0.1) is 5.92 Å². The van der Waals surface area contributed by atoms with Gasteiger partial charge in [0.25, 0.3) is 0 Å². The summed E-state index contributed by atoms with van der Waals surface area (Å²) in [4.78, 5) is 41.6. The van der Waals surface area contributed by atoms with Gasteiger partial charge in [-0.3, -0.25) is 4.79 Å². The second-order valence-electron chi connectivity index (χ2n) is 4.53. The molecule has 21 heavy (non-hydrogen) atoms. The average Bonchev–Trinajstić information content (AvgIpc) is 2.72. The van der Waals surface area contributed by atoms with E-state index in [0.717, 1.165) is 6.08 Å². The molecule has 0 spiro atoms. The number of rotatable bonds is 4. The third-order valence-corrected chi connectivity index (χ3v) is 3.20. The number of carbonyl (C=O) groups excluding carboxylic acids is 4. The number of aliphatic hydroxyl groups is 1. The molecule has 0 aromatic rings. The number of fused-ring (bicyclic) bond motifs is 2. The lowest BCUT2D eigenvalue weighted by Crippen LogP contribution is -2.47. The van der Waals surface area contributed by atoms with Crippen molar-refractivity contribution in [3.8, 4) is 0 Å². The molecule has 3 atom stereocenters. The zero-order valence-electron chi connectivity index (χ0n) is 11.3. The molecule has 1 saturated carbocycles. The summed E-state index contributed by atoms with van der Waals surface area (Å²) in [7, 11) is 0. The molecule has 8 heteroatoms.